The van der Waals surface area contributed by atoms with Crippen LogP contribution in [0.4, 0.5) is 10.1 Å². The molecule has 0 unspecified atom stereocenters. The van der Waals surface area contributed by atoms with Gasteiger partial charge in [-0.1, -0.05) is 12.1 Å². The van der Waals surface area contributed by atoms with Crippen molar-refractivity contribution in [1.29, 1.82) is 0 Å². The van der Waals surface area contributed by atoms with E-state index in [0.29, 0.717) is 47.5 Å². The van der Waals surface area contributed by atoms with Crippen molar-refractivity contribution >= 4 is 22.5 Å². The Labute approximate surface area is 240 Å². The topological polar surface area (TPSA) is 78.8 Å². The Balaban J connectivity index is 1.45. The molecule has 6 rings (SSSR count). The maximum absolute atomic E-state index is 16.0. The summed E-state index contributed by atoms with van der Waals surface area (Å²) in [5.74, 6) is -0.0969. The summed E-state index contributed by atoms with van der Waals surface area (Å²) in [4.78, 5) is 31.9. The third-order valence-electron chi connectivity index (χ3n) is 8.64. The second-order valence-electron chi connectivity index (χ2n) is 13.3. The lowest BCUT2D eigenvalue weighted by Gasteiger charge is -2.46. The second kappa shape index (κ2) is 9.84. The van der Waals surface area contributed by atoms with Gasteiger partial charge >= 0.3 is 0 Å². The first kappa shape index (κ1) is 27.7. The third-order valence-corrected chi connectivity index (χ3v) is 8.64. The summed E-state index contributed by atoms with van der Waals surface area (Å²) in [7, 11) is 0. The minimum Gasteiger partial charge on any atom is -0.451 e. The van der Waals surface area contributed by atoms with E-state index in [1.807, 2.05) is 33.7 Å². The molecule has 3 aliphatic rings. The number of nitrogens with zero attached hydrogens (tertiary/aromatic N) is 3. The number of nitrogens with one attached hydrogen (secondary N) is 2. The number of benzene rings is 2. The number of piperazine rings is 1. The highest BCUT2D eigenvalue weighted by atomic mass is 19.1. The van der Waals surface area contributed by atoms with Crippen molar-refractivity contribution in [2.24, 2.45) is 0 Å². The number of aromatic nitrogens is 1. The fraction of sp³-hybridized carbons (Fsp3) is 0.500. The molecule has 0 bridgehead atoms. The van der Waals surface area contributed by atoms with E-state index in [2.05, 4.69) is 57.1 Å². The number of amides is 1. The van der Waals surface area contributed by atoms with Crippen LogP contribution in [0.25, 0.3) is 16.6 Å². The average molecular weight is 562 g/mol. The number of carbonyl (C=O) groups is 1. The van der Waals surface area contributed by atoms with Crippen molar-refractivity contribution in [2.45, 2.75) is 77.5 Å². The highest BCUT2D eigenvalue weighted by Crippen LogP contribution is 2.46. The molecule has 0 radical (unpaired) electrons. The van der Waals surface area contributed by atoms with Gasteiger partial charge in [0.1, 0.15) is 16.8 Å². The van der Waals surface area contributed by atoms with Crippen LogP contribution in [0.2, 0.25) is 0 Å². The summed E-state index contributed by atoms with van der Waals surface area (Å²) in [5.41, 5.74) is 0.695. The van der Waals surface area contributed by atoms with Crippen LogP contribution >= 0.6 is 0 Å². The van der Waals surface area contributed by atoms with Gasteiger partial charge in [0.2, 0.25) is 5.43 Å². The molecule has 3 aliphatic heterocycles. The maximum atomic E-state index is 16.0. The first-order chi connectivity index (χ1) is 19.3. The van der Waals surface area contributed by atoms with Gasteiger partial charge in [-0.3, -0.25) is 14.5 Å². The van der Waals surface area contributed by atoms with Crippen molar-refractivity contribution in [3.05, 3.63) is 58.1 Å². The van der Waals surface area contributed by atoms with Crippen LogP contribution < -0.4 is 25.7 Å². The first-order valence-electron chi connectivity index (χ1n) is 14.6. The predicted octanol–water partition coefficient (Wildman–Crippen LogP) is 4.80. The normalized spacial score (nSPS) is 20.1. The molecule has 41 heavy (non-hydrogen) atoms. The number of ether oxygens (including phenoxy) is 1. The van der Waals surface area contributed by atoms with Crippen molar-refractivity contribution in [1.82, 2.24) is 20.1 Å². The van der Waals surface area contributed by atoms with Crippen molar-refractivity contribution in [2.75, 3.05) is 31.1 Å². The van der Waals surface area contributed by atoms with Gasteiger partial charge in [0.05, 0.1) is 11.1 Å². The van der Waals surface area contributed by atoms with Crippen LogP contribution in [0.1, 0.15) is 64.7 Å². The standard InChI is InChI=1S/C32H40FN5O3/c1-19(2)36-11-13-37(14-12-36)27-23(33)15-21-26-29(27)41-25-10-8-7-9-24(25)38(26)18-22(28(21)39)30(40)34-20-16-31(3,4)35-32(5,6)17-20/h7-10,15,18-20,35H,11-14,16-17H2,1-6H3,(H,34,40). The van der Waals surface area contributed by atoms with Gasteiger partial charge in [-0.25, -0.2) is 4.39 Å². The average Bonchev–Trinajstić information content (AvgIpc) is 2.88. The lowest BCUT2D eigenvalue weighted by atomic mass is 9.79. The van der Waals surface area contributed by atoms with Crippen molar-refractivity contribution in [3.63, 3.8) is 0 Å². The first-order valence-corrected chi connectivity index (χ1v) is 14.6. The molecule has 1 aromatic heterocycles. The van der Waals surface area contributed by atoms with E-state index in [4.69, 9.17) is 4.74 Å². The van der Waals surface area contributed by atoms with Crippen molar-refractivity contribution in [3.8, 4) is 17.2 Å². The Kier molecular flexibility index (Phi) is 6.65. The Bertz CT molecular complexity index is 1570. The van der Waals surface area contributed by atoms with Gasteiger partial charge in [0.15, 0.2) is 17.3 Å². The quantitative estimate of drug-likeness (QED) is 0.373. The number of rotatable bonds is 4. The lowest BCUT2D eigenvalue weighted by Crippen LogP contribution is -2.62. The zero-order valence-corrected chi connectivity index (χ0v) is 24.8. The number of pyridine rings is 1. The number of para-hydroxylation sites is 2. The highest BCUT2D eigenvalue weighted by molar-refractivity contribution is 6.01. The number of fused-ring (bicyclic) bond motifs is 2. The third kappa shape index (κ3) is 4.99. The summed E-state index contributed by atoms with van der Waals surface area (Å²) in [5, 5.41) is 6.88. The van der Waals surface area contributed by atoms with Gasteiger partial charge in [0.25, 0.3) is 5.91 Å². The van der Waals surface area contributed by atoms with E-state index in [0.717, 1.165) is 25.9 Å². The molecule has 0 aliphatic carbocycles. The monoisotopic (exact) mass is 561 g/mol. The molecule has 8 nitrogen and oxygen atoms in total. The number of piperidine rings is 1. The fourth-order valence-corrected chi connectivity index (χ4v) is 7.16. The zero-order valence-electron chi connectivity index (χ0n) is 24.8. The summed E-state index contributed by atoms with van der Waals surface area (Å²) in [6, 6.07) is 9.03. The van der Waals surface area contributed by atoms with E-state index >= 15 is 4.39 Å². The van der Waals surface area contributed by atoms with Gasteiger partial charge in [-0.15, -0.1) is 0 Å². The molecule has 2 fully saturated rings. The molecule has 0 spiro atoms. The largest absolute Gasteiger partial charge is 0.451 e. The Hall–Kier alpha value is -3.43. The van der Waals surface area contributed by atoms with Crippen LogP contribution in [0, 0.1) is 5.82 Å². The van der Waals surface area contributed by atoms with Crippen LogP contribution in [-0.2, 0) is 0 Å². The Morgan fingerprint density at radius 3 is 2.39 bits per heavy atom. The predicted molar refractivity (Wildman–Crippen MR) is 160 cm³/mol. The number of halogens is 1. The number of hydrogen-bond donors (Lipinski definition) is 2. The molecule has 3 aromatic rings. The van der Waals surface area contributed by atoms with Crippen molar-refractivity contribution < 1.29 is 13.9 Å². The van der Waals surface area contributed by atoms with E-state index in [9.17, 15) is 9.59 Å². The molecule has 2 N–H and O–H groups in total. The summed E-state index contributed by atoms with van der Waals surface area (Å²) >= 11 is 0. The van der Waals surface area contributed by atoms with Crippen LogP contribution in [0.3, 0.4) is 0 Å². The SMILES string of the molecule is CC(C)N1CCN(c2c(F)cc3c(=O)c(C(=O)NC4CC(C)(C)NC(C)(C)C4)cn4c3c2Oc2ccccc2-4)CC1. The zero-order chi connectivity index (χ0) is 29.3. The fourth-order valence-electron chi connectivity index (χ4n) is 7.16. The molecular weight excluding hydrogens is 521 g/mol. The van der Waals surface area contributed by atoms with Gasteiger partial charge in [-0.05, 0) is 72.6 Å². The molecule has 0 atom stereocenters. The van der Waals surface area contributed by atoms with E-state index < -0.39 is 17.2 Å². The minimum absolute atomic E-state index is 0.00741. The molecule has 1 amide bonds. The Morgan fingerprint density at radius 1 is 1.07 bits per heavy atom. The number of carbonyl (C=O) groups excluding carboxylic acids is 1. The number of hydrogen-bond acceptors (Lipinski definition) is 6. The molecule has 9 heteroatoms. The molecular formula is C32H40FN5O3. The Morgan fingerprint density at radius 2 is 1.73 bits per heavy atom. The smallest absolute Gasteiger partial charge is 0.257 e. The van der Waals surface area contributed by atoms with E-state index in [1.165, 1.54) is 6.07 Å². The maximum Gasteiger partial charge on any atom is 0.257 e. The van der Waals surface area contributed by atoms with Gasteiger partial charge < -0.3 is 24.8 Å². The second-order valence-corrected chi connectivity index (χ2v) is 13.3. The number of anilines is 1. The lowest BCUT2D eigenvalue weighted by molar-refractivity contribution is 0.0871. The molecule has 0 saturated carbocycles. The van der Waals surface area contributed by atoms with Crippen LogP contribution in [-0.4, -0.2) is 64.7 Å². The molecule has 2 saturated heterocycles. The highest BCUT2D eigenvalue weighted by Gasteiger charge is 2.39. The molecule has 2 aromatic carbocycles. The van der Waals surface area contributed by atoms with Gasteiger partial charge in [0, 0.05) is 55.5 Å². The van der Waals surface area contributed by atoms with Crippen LogP contribution in [0.5, 0.6) is 11.5 Å². The van der Waals surface area contributed by atoms with E-state index in [-0.39, 0.29) is 28.1 Å². The molecule has 4 heterocycles. The summed E-state index contributed by atoms with van der Waals surface area (Å²) in [6.45, 7) is 15.7. The van der Waals surface area contributed by atoms with Gasteiger partial charge in [-0.2, -0.15) is 0 Å². The summed E-state index contributed by atoms with van der Waals surface area (Å²) in [6.07, 6.45) is 3.06. The van der Waals surface area contributed by atoms with E-state index in [1.54, 1.807) is 6.20 Å². The van der Waals surface area contributed by atoms with Crippen LogP contribution in [0.15, 0.2) is 41.3 Å². The summed E-state index contributed by atoms with van der Waals surface area (Å²) < 4.78 is 24.2. The molecule has 218 valence electrons. The minimum atomic E-state index is -0.520.